The number of carbonyl (C=O) groups is 1. The molecule has 0 amide bonds. The van der Waals surface area contributed by atoms with Crippen molar-refractivity contribution >= 4 is 18.2 Å². The van der Waals surface area contributed by atoms with Gasteiger partial charge in [-0.25, -0.2) is 0 Å². The molecule has 0 saturated carbocycles. The van der Waals surface area contributed by atoms with E-state index in [-0.39, 0.29) is 18.2 Å². The van der Waals surface area contributed by atoms with Gasteiger partial charge in [0.1, 0.15) is 5.75 Å². The molecule has 1 aliphatic rings. The molecular formula is C17H27ClN2O2. The van der Waals surface area contributed by atoms with E-state index in [4.69, 9.17) is 10.5 Å². The Balaban J connectivity index is 0.00000242. The summed E-state index contributed by atoms with van der Waals surface area (Å²) >= 11 is 0. The van der Waals surface area contributed by atoms with Crippen molar-refractivity contribution in [3.05, 3.63) is 29.3 Å². The van der Waals surface area contributed by atoms with Crippen molar-refractivity contribution in [2.24, 2.45) is 11.7 Å². The maximum Gasteiger partial charge on any atom is 0.159 e. The minimum atomic E-state index is 0. The third-order valence-electron chi connectivity index (χ3n) is 4.22. The Morgan fingerprint density at radius 1 is 1.45 bits per heavy atom. The van der Waals surface area contributed by atoms with E-state index in [1.807, 2.05) is 25.1 Å². The van der Waals surface area contributed by atoms with Gasteiger partial charge in [0.25, 0.3) is 0 Å². The van der Waals surface area contributed by atoms with Crippen LogP contribution < -0.4 is 10.5 Å². The van der Waals surface area contributed by atoms with Gasteiger partial charge >= 0.3 is 0 Å². The standard InChI is InChI=1S/C17H26N2O2.ClH/c1-4-21-17-6-5-14(13(3)20)9-15(17)11-19-8-7-16(18)12(2)10-19;/h5-6,9,12,16H,4,7-8,10-11,18H2,1-3H3;1H. The summed E-state index contributed by atoms with van der Waals surface area (Å²) in [4.78, 5) is 14.0. The molecule has 0 aromatic heterocycles. The first-order valence-corrected chi connectivity index (χ1v) is 7.75. The monoisotopic (exact) mass is 326 g/mol. The predicted octanol–water partition coefficient (Wildman–Crippen LogP) is 2.88. The summed E-state index contributed by atoms with van der Waals surface area (Å²) in [7, 11) is 0. The Morgan fingerprint density at radius 2 is 2.18 bits per heavy atom. The maximum atomic E-state index is 11.6. The average molecular weight is 327 g/mol. The Bertz CT molecular complexity index is 507. The van der Waals surface area contributed by atoms with Crippen LogP contribution in [0.4, 0.5) is 0 Å². The fourth-order valence-electron chi connectivity index (χ4n) is 2.85. The van der Waals surface area contributed by atoms with Crippen LogP contribution >= 0.6 is 12.4 Å². The molecule has 5 heteroatoms. The number of hydrogen-bond acceptors (Lipinski definition) is 4. The fraction of sp³-hybridized carbons (Fsp3) is 0.588. The lowest BCUT2D eigenvalue weighted by Gasteiger charge is -2.35. The van der Waals surface area contributed by atoms with E-state index < -0.39 is 0 Å². The van der Waals surface area contributed by atoms with Gasteiger partial charge in [-0.15, -0.1) is 12.4 Å². The molecule has 22 heavy (non-hydrogen) atoms. The molecule has 0 aliphatic carbocycles. The highest BCUT2D eigenvalue weighted by atomic mass is 35.5. The van der Waals surface area contributed by atoms with Crippen molar-refractivity contribution in [2.75, 3.05) is 19.7 Å². The predicted molar refractivity (Wildman–Crippen MR) is 91.9 cm³/mol. The zero-order chi connectivity index (χ0) is 15.4. The molecule has 1 aromatic rings. The average Bonchev–Trinajstić information content (AvgIpc) is 2.45. The van der Waals surface area contributed by atoms with Crippen molar-refractivity contribution in [3.8, 4) is 5.75 Å². The first-order valence-electron chi connectivity index (χ1n) is 7.75. The maximum absolute atomic E-state index is 11.6. The Hall–Kier alpha value is -1.10. The van der Waals surface area contributed by atoms with Gasteiger partial charge in [-0.2, -0.15) is 0 Å². The van der Waals surface area contributed by atoms with Crippen molar-refractivity contribution < 1.29 is 9.53 Å². The van der Waals surface area contributed by atoms with E-state index in [9.17, 15) is 4.79 Å². The molecule has 0 radical (unpaired) electrons. The van der Waals surface area contributed by atoms with Gasteiger partial charge in [0, 0.05) is 30.3 Å². The number of carbonyl (C=O) groups excluding carboxylic acids is 1. The zero-order valence-corrected chi connectivity index (χ0v) is 14.5. The highest BCUT2D eigenvalue weighted by molar-refractivity contribution is 5.94. The summed E-state index contributed by atoms with van der Waals surface area (Å²) in [6.45, 7) is 9.22. The molecular weight excluding hydrogens is 300 g/mol. The SMILES string of the molecule is CCOc1ccc(C(C)=O)cc1CN1CCC(N)C(C)C1.Cl. The fourth-order valence-corrected chi connectivity index (χ4v) is 2.85. The second-order valence-electron chi connectivity index (χ2n) is 5.98. The number of Topliss-reactive ketones (excluding diaryl/α,β-unsaturated/α-hetero) is 1. The summed E-state index contributed by atoms with van der Waals surface area (Å²) in [6.07, 6.45) is 1.03. The second kappa shape index (κ2) is 8.51. The van der Waals surface area contributed by atoms with Gasteiger partial charge in [-0.1, -0.05) is 6.92 Å². The second-order valence-corrected chi connectivity index (χ2v) is 5.98. The van der Waals surface area contributed by atoms with Crippen LogP contribution in [0, 0.1) is 5.92 Å². The number of halogens is 1. The van der Waals surface area contributed by atoms with E-state index in [1.54, 1.807) is 6.92 Å². The number of piperidine rings is 1. The highest BCUT2D eigenvalue weighted by Crippen LogP contribution is 2.25. The minimum absolute atomic E-state index is 0. The van der Waals surface area contributed by atoms with Crippen LogP contribution in [0.1, 0.15) is 43.1 Å². The van der Waals surface area contributed by atoms with Crippen molar-refractivity contribution in [1.29, 1.82) is 0 Å². The smallest absolute Gasteiger partial charge is 0.159 e. The van der Waals surface area contributed by atoms with Crippen LogP contribution in [-0.4, -0.2) is 36.4 Å². The van der Waals surface area contributed by atoms with Crippen LogP contribution in [0.25, 0.3) is 0 Å². The first kappa shape index (κ1) is 18.9. The number of likely N-dealkylation sites (tertiary alicyclic amines) is 1. The molecule has 124 valence electrons. The van der Waals surface area contributed by atoms with E-state index in [0.717, 1.165) is 42.9 Å². The molecule has 2 unspecified atom stereocenters. The number of hydrogen-bond donors (Lipinski definition) is 1. The van der Waals surface area contributed by atoms with Crippen LogP contribution in [0.5, 0.6) is 5.75 Å². The lowest BCUT2D eigenvalue weighted by atomic mass is 9.94. The summed E-state index contributed by atoms with van der Waals surface area (Å²) in [6, 6.07) is 6.02. The lowest BCUT2D eigenvalue weighted by Crippen LogP contribution is -2.45. The van der Waals surface area contributed by atoms with E-state index in [2.05, 4.69) is 11.8 Å². The Labute approximate surface area is 139 Å². The number of rotatable bonds is 5. The third kappa shape index (κ3) is 4.70. The first-order chi connectivity index (χ1) is 10.0. The molecule has 0 bridgehead atoms. The molecule has 2 rings (SSSR count). The third-order valence-corrected chi connectivity index (χ3v) is 4.22. The highest BCUT2D eigenvalue weighted by Gasteiger charge is 2.23. The van der Waals surface area contributed by atoms with E-state index in [0.29, 0.717) is 18.6 Å². The zero-order valence-electron chi connectivity index (χ0n) is 13.7. The summed E-state index contributed by atoms with van der Waals surface area (Å²) in [5.74, 6) is 1.48. The summed E-state index contributed by atoms with van der Waals surface area (Å²) < 4.78 is 5.70. The molecule has 4 nitrogen and oxygen atoms in total. The minimum Gasteiger partial charge on any atom is -0.494 e. The van der Waals surface area contributed by atoms with Gasteiger partial charge in [0.2, 0.25) is 0 Å². The molecule has 0 spiro atoms. The van der Waals surface area contributed by atoms with Gasteiger partial charge in [0.05, 0.1) is 6.61 Å². The molecule has 2 atom stereocenters. The lowest BCUT2D eigenvalue weighted by molar-refractivity contribution is 0.101. The van der Waals surface area contributed by atoms with E-state index >= 15 is 0 Å². The van der Waals surface area contributed by atoms with Crippen molar-refractivity contribution in [2.45, 2.75) is 39.8 Å². The van der Waals surface area contributed by atoms with Gasteiger partial charge in [-0.05, 0) is 50.9 Å². The largest absolute Gasteiger partial charge is 0.494 e. The number of nitrogens with zero attached hydrogens (tertiary/aromatic N) is 1. The number of nitrogens with two attached hydrogens (primary N) is 1. The van der Waals surface area contributed by atoms with Crippen LogP contribution in [0.15, 0.2) is 18.2 Å². The van der Waals surface area contributed by atoms with Crippen LogP contribution in [0.3, 0.4) is 0 Å². The molecule has 1 heterocycles. The van der Waals surface area contributed by atoms with Gasteiger partial charge in [0.15, 0.2) is 5.78 Å². The molecule has 2 N–H and O–H groups in total. The summed E-state index contributed by atoms with van der Waals surface area (Å²) in [5.41, 5.74) is 7.91. The Kier molecular flexibility index (Phi) is 7.33. The normalized spacial score (nSPS) is 22.0. The van der Waals surface area contributed by atoms with Gasteiger partial charge < -0.3 is 10.5 Å². The quantitative estimate of drug-likeness (QED) is 0.845. The number of ketones is 1. The molecule has 1 aliphatic heterocycles. The van der Waals surface area contributed by atoms with Crippen LogP contribution in [0.2, 0.25) is 0 Å². The molecule has 1 saturated heterocycles. The number of ether oxygens (including phenoxy) is 1. The van der Waals surface area contributed by atoms with Crippen molar-refractivity contribution in [3.63, 3.8) is 0 Å². The molecule has 1 aromatic carbocycles. The van der Waals surface area contributed by atoms with Crippen molar-refractivity contribution in [1.82, 2.24) is 4.90 Å². The van der Waals surface area contributed by atoms with Crippen LogP contribution in [-0.2, 0) is 6.54 Å². The van der Waals surface area contributed by atoms with E-state index in [1.165, 1.54) is 0 Å². The Morgan fingerprint density at radius 3 is 2.77 bits per heavy atom. The summed E-state index contributed by atoms with van der Waals surface area (Å²) in [5, 5.41) is 0. The number of benzene rings is 1. The molecule has 1 fully saturated rings. The topological polar surface area (TPSA) is 55.6 Å². The van der Waals surface area contributed by atoms with Gasteiger partial charge in [-0.3, -0.25) is 9.69 Å².